The van der Waals surface area contributed by atoms with E-state index in [0.29, 0.717) is 25.4 Å². The third-order valence-electron chi connectivity index (χ3n) is 3.72. The lowest BCUT2D eigenvalue weighted by molar-refractivity contribution is -0.139. The number of aliphatic carboxylic acids is 1. The number of carboxylic acids is 1. The van der Waals surface area contributed by atoms with Crippen LogP contribution in [-0.2, 0) is 9.53 Å². The van der Waals surface area contributed by atoms with Gasteiger partial charge < -0.3 is 20.5 Å². The van der Waals surface area contributed by atoms with Gasteiger partial charge in [-0.1, -0.05) is 13.3 Å². The van der Waals surface area contributed by atoms with Gasteiger partial charge in [0.05, 0.1) is 12.1 Å². The summed E-state index contributed by atoms with van der Waals surface area (Å²) in [6.07, 6.45) is 4.40. The molecule has 0 bridgehead atoms. The van der Waals surface area contributed by atoms with E-state index < -0.39 is 18.0 Å². The van der Waals surface area contributed by atoms with Crippen molar-refractivity contribution >= 4 is 12.0 Å². The Morgan fingerprint density at radius 2 is 2.11 bits per heavy atom. The van der Waals surface area contributed by atoms with Crippen molar-refractivity contribution in [2.75, 3.05) is 6.61 Å². The highest BCUT2D eigenvalue weighted by molar-refractivity contribution is 5.82. The molecule has 6 heteroatoms. The monoisotopic (exact) mass is 270 g/mol. The molecular weight excluding hydrogens is 248 g/mol. The molecule has 2 fully saturated rings. The van der Waals surface area contributed by atoms with Gasteiger partial charge in [-0.05, 0) is 31.6 Å². The van der Waals surface area contributed by atoms with E-state index in [0.717, 1.165) is 19.3 Å². The average Bonchev–Trinajstić information content (AvgIpc) is 3.10. The Bertz CT molecular complexity index is 344. The minimum Gasteiger partial charge on any atom is -0.480 e. The van der Waals surface area contributed by atoms with Crippen LogP contribution >= 0.6 is 0 Å². The van der Waals surface area contributed by atoms with E-state index in [1.54, 1.807) is 0 Å². The highest BCUT2D eigenvalue weighted by Crippen LogP contribution is 2.38. The standard InChI is InChI=1S/C13H22N2O4/c1-2-3-10(12(16)17)15-13(18)14-9-6-7-19-11(9)8-4-5-8/h8-11H,2-7H2,1H3,(H,16,17)(H2,14,15,18)/t9?,10-,11?/m0/s1. The molecule has 3 atom stereocenters. The molecule has 0 aromatic heterocycles. The van der Waals surface area contributed by atoms with Gasteiger partial charge in [-0.2, -0.15) is 0 Å². The first-order valence-electron chi connectivity index (χ1n) is 7.03. The highest BCUT2D eigenvalue weighted by atomic mass is 16.5. The first kappa shape index (κ1) is 14.1. The van der Waals surface area contributed by atoms with Crippen LogP contribution < -0.4 is 10.6 Å². The van der Waals surface area contributed by atoms with Crippen molar-refractivity contribution in [2.24, 2.45) is 5.92 Å². The predicted molar refractivity (Wildman–Crippen MR) is 68.9 cm³/mol. The zero-order chi connectivity index (χ0) is 13.8. The Labute approximate surface area is 112 Å². The smallest absolute Gasteiger partial charge is 0.326 e. The minimum absolute atomic E-state index is 0.0172. The molecule has 108 valence electrons. The maximum Gasteiger partial charge on any atom is 0.326 e. The second-order valence-electron chi connectivity index (χ2n) is 5.37. The lowest BCUT2D eigenvalue weighted by atomic mass is 10.1. The Kier molecular flexibility index (Phi) is 4.63. The van der Waals surface area contributed by atoms with Gasteiger partial charge in [0.25, 0.3) is 0 Å². The van der Waals surface area contributed by atoms with Crippen molar-refractivity contribution in [1.29, 1.82) is 0 Å². The number of hydrogen-bond donors (Lipinski definition) is 3. The van der Waals surface area contributed by atoms with Crippen molar-refractivity contribution in [3.05, 3.63) is 0 Å². The molecule has 2 amide bonds. The molecule has 1 heterocycles. The lowest BCUT2D eigenvalue weighted by Crippen LogP contribution is -2.51. The summed E-state index contributed by atoms with van der Waals surface area (Å²) in [4.78, 5) is 22.8. The van der Waals surface area contributed by atoms with Gasteiger partial charge in [-0.25, -0.2) is 9.59 Å². The zero-order valence-corrected chi connectivity index (χ0v) is 11.2. The Morgan fingerprint density at radius 3 is 2.68 bits per heavy atom. The molecule has 1 saturated heterocycles. The Morgan fingerprint density at radius 1 is 1.37 bits per heavy atom. The van der Waals surface area contributed by atoms with Crippen molar-refractivity contribution in [3.63, 3.8) is 0 Å². The van der Waals surface area contributed by atoms with Gasteiger partial charge in [-0.15, -0.1) is 0 Å². The summed E-state index contributed by atoms with van der Waals surface area (Å²) < 4.78 is 5.63. The molecule has 1 saturated carbocycles. The van der Waals surface area contributed by atoms with Gasteiger partial charge in [0.2, 0.25) is 0 Å². The van der Waals surface area contributed by atoms with Crippen LogP contribution in [0.5, 0.6) is 0 Å². The van der Waals surface area contributed by atoms with E-state index in [2.05, 4.69) is 10.6 Å². The van der Waals surface area contributed by atoms with E-state index in [1.807, 2.05) is 6.92 Å². The summed E-state index contributed by atoms with van der Waals surface area (Å²) in [5.41, 5.74) is 0. The topological polar surface area (TPSA) is 87.7 Å². The molecule has 0 aromatic rings. The molecule has 3 N–H and O–H groups in total. The van der Waals surface area contributed by atoms with E-state index in [9.17, 15) is 9.59 Å². The molecule has 2 unspecified atom stereocenters. The fourth-order valence-electron chi connectivity index (χ4n) is 2.57. The summed E-state index contributed by atoms with van der Waals surface area (Å²) in [5.74, 6) is -0.419. The first-order valence-corrected chi connectivity index (χ1v) is 7.03. The van der Waals surface area contributed by atoms with Gasteiger partial charge >= 0.3 is 12.0 Å². The van der Waals surface area contributed by atoms with Gasteiger partial charge in [0.1, 0.15) is 6.04 Å². The fraction of sp³-hybridized carbons (Fsp3) is 0.846. The molecule has 1 aliphatic heterocycles. The van der Waals surface area contributed by atoms with Gasteiger partial charge in [0, 0.05) is 6.61 Å². The molecule has 0 spiro atoms. The van der Waals surface area contributed by atoms with E-state index in [4.69, 9.17) is 9.84 Å². The number of amides is 2. The molecule has 2 rings (SSSR count). The quantitative estimate of drug-likeness (QED) is 0.674. The van der Waals surface area contributed by atoms with Crippen molar-refractivity contribution < 1.29 is 19.4 Å². The van der Waals surface area contributed by atoms with Crippen LogP contribution in [0.25, 0.3) is 0 Å². The number of urea groups is 1. The lowest BCUT2D eigenvalue weighted by Gasteiger charge is -2.21. The maximum atomic E-state index is 11.8. The number of carbonyl (C=O) groups excluding carboxylic acids is 1. The molecule has 0 radical (unpaired) electrons. The summed E-state index contributed by atoms with van der Waals surface area (Å²) in [5, 5.41) is 14.4. The van der Waals surface area contributed by atoms with Crippen molar-refractivity contribution in [2.45, 2.75) is 57.2 Å². The molecule has 0 aromatic carbocycles. The number of carboxylic acid groups (broad SMARTS) is 1. The number of nitrogens with one attached hydrogen (secondary N) is 2. The minimum atomic E-state index is -0.988. The summed E-state index contributed by atoms with van der Waals surface area (Å²) in [7, 11) is 0. The largest absolute Gasteiger partial charge is 0.480 e. The number of carbonyl (C=O) groups is 2. The van der Waals surface area contributed by atoms with Crippen molar-refractivity contribution in [1.82, 2.24) is 10.6 Å². The average molecular weight is 270 g/mol. The van der Waals surface area contributed by atoms with Crippen LogP contribution in [0.2, 0.25) is 0 Å². The van der Waals surface area contributed by atoms with E-state index >= 15 is 0 Å². The summed E-state index contributed by atoms with van der Waals surface area (Å²) >= 11 is 0. The van der Waals surface area contributed by atoms with Crippen LogP contribution in [0.3, 0.4) is 0 Å². The third kappa shape index (κ3) is 3.83. The molecule has 1 aliphatic carbocycles. The first-order chi connectivity index (χ1) is 9.11. The fourth-order valence-corrected chi connectivity index (χ4v) is 2.57. The predicted octanol–water partition coefficient (Wildman–Crippen LogP) is 1.11. The zero-order valence-electron chi connectivity index (χ0n) is 11.2. The van der Waals surface area contributed by atoms with Crippen LogP contribution in [0, 0.1) is 5.92 Å². The van der Waals surface area contributed by atoms with Gasteiger partial charge in [0.15, 0.2) is 0 Å². The third-order valence-corrected chi connectivity index (χ3v) is 3.72. The van der Waals surface area contributed by atoms with Crippen LogP contribution in [0.4, 0.5) is 4.79 Å². The summed E-state index contributed by atoms with van der Waals surface area (Å²) in [6.45, 7) is 2.56. The Hall–Kier alpha value is -1.30. The van der Waals surface area contributed by atoms with E-state index in [-0.39, 0.29) is 12.1 Å². The SMILES string of the molecule is CCC[C@H](NC(=O)NC1CCOC1C1CC1)C(=O)O. The van der Waals surface area contributed by atoms with Crippen LogP contribution in [0.15, 0.2) is 0 Å². The summed E-state index contributed by atoms with van der Waals surface area (Å²) in [6, 6.07) is -1.20. The van der Waals surface area contributed by atoms with Crippen LogP contribution in [0.1, 0.15) is 39.0 Å². The molecular formula is C13H22N2O4. The second kappa shape index (κ2) is 6.23. The van der Waals surface area contributed by atoms with E-state index in [1.165, 1.54) is 0 Å². The highest BCUT2D eigenvalue weighted by Gasteiger charge is 2.41. The number of ether oxygens (including phenoxy) is 1. The second-order valence-corrected chi connectivity index (χ2v) is 5.37. The number of rotatable bonds is 6. The maximum absolute atomic E-state index is 11.8. The van der Waals surface area contributed by atoms with Crippen LogP contribution in [-0.4, -0.2) is 41.9 Å². The Balaban J connectivity index is 1.80. The number of hydrogen-bond acceptors (Lipinski definition) is 3. The molecule has 19 heavy (non-hydrogen) atoms. The molecule has 6 nitrogen and oxygen atoms in total. The van der Waals surface area contributed by atoms with Gasteiger partial charge in [-0.3, -0.25) is 0 Å². The molecule has 2 aliphatic rings. The van der Waals surface area contributed by atoms with Crippen molar-refractivity contribution in [3.8, 4) is 0 Å². The normalized spacial score (nSPS) is 27.8.